The Morgan fingerprint density at radius 1 is 0.588 bits per heavy atom. The number of allylic oxidation sites excluding steroid dienone is 12. The van der Waals surface area contributed by atoms with E-state index in [0.717, 1.165) is 0 Å². The summed E-state index contributed by atoms with van der Waals surface area (Å²) >= 11 is 0. The van der Waals surface area contributed by atoms with Crippen LogP contribution >= 0.6 is 0 Å². The number of rotatable bonds is 0. The van der Waals surface area contributed by atoms with Crippen molar-refractivity contribution in [3.63, 3.8) is 0 Å². The highest BCUT2D eigenvalue weighted by atomic mass is 14.7. The van der Waals surface area contributed by atoms with E-state index in [4.69, 9.17) is 0 Å². The van der Waals surface area contributed by atoms with E-state index in [1.807, 2.05) is 0 Å². The Morgan fingerprint density at radius 2 is 0.941 bits per heavy atom. The Hall–Kier alpha value is -1.56. The lowest BCUT2D eigenvalue weighted by Gasteiger charge is -2.43. The first-order valence-corrected chi connectivity index (χ1v) is 6.60. The highest BCUT2D eigenvalue weighted by Crippen LogP contribution is 2.73. The van der Waals surface area contributed by atoms with Crippen LogP contribution in [0, 0.1) is 10.8 Å². The fourth-order valence-corrected chi connectivity index (χ4v) is 5.02. The van der Waals surface area contributed by atoms with E-state index in [-0.39, 0.29) is 0 Å². The molecule has 0 aromatic carbocycles. The molecule has 0 aromatic heterocycles. The maximum atomic E-state index is 2.35. The zero-order valence-corrected chi connectivity index (χ0v) is 9.74. The minimum atomic E-state index is 0.310. The molecule has 0 heterocycles. The second-order valence-corrected chi connectivity index (χ2v) is 5.82. The molecule has 0 unspecified atom stereocenters. The number of hydrogen-bond acceptors (Lipinski definition) is 0. The van der Waals surface area contributed by atoms with Gasteiger partial charge in [-0.1, -0.05) is 55.0 Å². The molecule has 5 rings (SSSR count). The lowest BCUT2D eigenvalue weighted by molar-refractivity contribution is 0.284. The third-order valence-corrected chi connectivity index (χ3v) is 5.57. The first-order valence-electron chi connectivity index (χ1n) is 6.60. The molecule has 1 fully saturated rings. The van der Waals surface area contributed by atoms with Crippen molar-refractivity contribution < 1.29 is 0 Å². The average molecular weight is 218 g/mol. The standard InChI is InChI=1S/C17H14/c1-10-16(12-2-3-13(16)5-4-12)17(11-1)14-6-7-15(17)9-8-14/h2-9H,1,10-11H2. The van der Waals surface area contributed by atoms with Crippen molar-refractivity contribution in [2.45, 2.75) is 19.3 Å². The van der Waals surface area contributed by atoms with E-state index in [0.29, 0.717) is 10.8 Å². The molecule has 0 aliphatic heterocycles. The van der Waals surface area contributed by atoms with Gasteiger partial charge in [0, 0.05) is 10.8 Å². The van der Waals surface area contributed by atoms with E-state index < -0.39 is 0 Å². The zero-order valence-electron chi connectivity index (χ0n) is 9.74. The van der Waals surface area contributed by atoms with Gasteiger partial charge in [-0.3, -0.25) is 0 Å². The first-order chi connectivity index (χ1) is 8.38. The van der Waals surface area contributed by atoms with Gasteiger partial charge in [0.15, 0.2) is 0 Å². The van der Waals surface area contributed by atoms with Crippen LogP contribution in [0.3, 0.4) is 0 Å². The normalized spacial score (nSPS) is 31.5. The van der Waals surface area contributed by atoms with E-state index in [9.17, 15) is 0 Å². The molecule has 5 aliphatic carbocycles. The fraction of sp³-hybridized carbons (Fsp3) is 0.294. The summed E-state index contributed by atoms with van der Waals surface area (Å²) in [6.45, 7) is 0. The van der Waals surface area contributed by atoms with Crippen molar-refractivity contribution in [2.75, 3.05) is 0 Å². The molecule has 2 spiro atoms. The molecule has 0 atom stereocenters. The summed E-state index contributed by atoms with van der Waals surface area (Å²) in [5.74, 6) is 0. The first kappa shape index (κ1) is 8.52. The molecule has 0 nitrogen and oxygen atoms in total. The van der Waals surface area contributed by atoms with Gasteiger partial charge in [-0.25, -0.2) is 0 Å². The molecule has 1 saturated carbocycles. The van der Waals surface area contributed by atoms with E-state index in [1.165, 1.54) is 19.3 Å². The predicted octanol–water partition coefficient (Wildman–Crippen LogP) is 4.02. The maximum absolute atomic E-state index is 2.35. The molecule has 0 N–H and O–H groups in total. The molecule has 0 radical (unpaired) electrons. The average Bonchev–Trinajstić information content (AvgIpc) is 3.16. The van der Waals surface area contributed by atoms with E-state index in [2.05, 4.69) is 48.6 Å². The van der Waals surface area contributed by atoms with Crippen LogP contribution in [0.15, 0.2) is 70.9 Å². The van der Waals surface area contributed by atoms with E-state index >= 15 is 0 Å². The second-order valence-electron chi connectivity index (χ2n) is 5.82. The minimum Gasteiger partial charge on any atom is -0.0578 e. The van der Waals surface area contributed by atoms with Gasteiger partial charge < -0.3 is 0 Å². The summed E-state index contributed by atoms with van der Waals surface area (Å²) in [5.41, 5.74) is 6.87. The molecule has 82 valence electrons. The SMILES string of the molecule is C1=CC2=CC=C1C21CCCC12C1=CC=C2C=C1. The number of hydrogen-bond donors (Lipinski definition) is 0. The van der Waals surface area contributed by atoms with Crippen LogP contribution in [0.4, 0.5) is 0 Å². The summed E-state index contributed by atoms with van der Waals surface area (Å²) in [4.78, 5) is 0. The van der Waals surface area contributed by atoms with Gasteiger partial charge in [0.1, 0.15) is 0 Å². The molecule has 0 saturated heterocycles. The predicted molar refractivity (Wildman–Crippen MR) is 69.3 cm³/mol. The van der Waals surface area contributed by atoms with Crippen LogP contribution in [0.25, 0.3) is 0 Å². The van der Waals surface area contributed by atoms with Gasteiger partial charge in [-0.15, -0.1) is 0 Å². The summed E-state index contributed by atoms with van der Waals surface area (Å²) in [6.07, 6.45) is 22.8. The van der Waals surface area contributed by atoms with Crippen LogP contribution in [0.2, 0.25) is 0 Å². The Bertz CT molecular complexity index is 529. The smallest absolute Gasteiger partial charge is 0.0340 e. The summed E-state index contributed by atoms with van der Waals surface area (Å²) in [7, 11) is 0. The van der Waals surface area contributed by atoms with Crippen LogP contribution in [0.5, 0.6) is 0 Å². The molecular formula is C17H14. The van der Waals surface area contributed by atoms with Gasteiger partial charge in [0.25, 0.3) is 0 Å². The molecule has 0 amide bonds. The molecule has 4 bridgehead atoms. The fourth-order valence-electron chi connectivity index (χ4n) is 5.02. The maximum Gasteiger partial charge on any atom is 0.0340 e. The quantitative estimate of drug-likeness (QED) is 0.576. The molecule has 0 aromatic rings. The van der Waals surface area contributed by atoms with Crippen molar-refractivity contribution >= 4 is 0 Å². The Labute approximate surface area is 101 Å². The summed E-state index contributed by atoms with van der Waals surface area (Å²) < 4.78 is 0. The van der Waals surface area contributed by atoms with Crippen molar-refractivity contribution in [3.05, 3.63) is 70.9 Å². The van der Waals surface area contributed by atoms with Crippen molar-refractivity contribution in [2.24, 2.45) is 10.8 Å². The molecular weight excluding hydrogens is 204 g/mol. The molecule has 0 heteroatoms. The lowest BCUT2D eigenvalue weighted by Crippen LogP contribution is -2.36. The van der Waals surface area contributed by atoms with E-state index in [1.54, 1.807) is 22.3 Å². The van der Waals surface area contributed by atoms with Gasteiger partial charge in [-0.05, 0) is 35.1 Å². The van der Waals surface area contributed by atoms with Crippen LogP contribution in [0.1, 0.15) is 19.3 Å². The van der Waals surface area contributed by atoms with Crippen LogP contribution in [-0.4, -0.2) is 0 Å². The summed E-state index contributed by atoms with van der Waals surface area (Å²) in [5, 5.41) is 0. The van der Waals surface area contributed by atoms with Crippen molar-refractivity contribution in [1.29, 1.82) is 0 Å². The molecule has 17 heavy (non-hydrogen) atoms. The van der Waals surface area contributed by atoms with Gasteiger partial charge >= 0.3 is 0 Å². The Morgan fingerprint density at radius 3 is 1.24 bits per heavy atom. The van der Waals surface area contributed by atoms with Crippen LogP contribution < -0.4 is 0 Å². The van der Waals surface area contributed by atoms with Gasteiger partial charge in [-0.2, -0.15) is 0 Å². The van der Waals surface area contributed by atoms with Gasteiger partial charge in [0.2, 0.25) is 0 Å². The summed E-state index contributed by atoms with van der Waals surface area (Å²) in [6, 6.07) is 0. The monoisotopic (exact) mass is 218 g/mol. The Kier molecular flexibility index (Phi) is 1.17. The van der Waals surface area contributed by atoms with Crippen molar-refractivity contribution in [1.82, 2.24) is 0 Å². The third kappa shape index (κ3) is 0.632. The topological polar surface area (TPSA) is 0 Å². The third-order valence-electron chi connectivity index (χ3n) is 5.57. The second kappa shape index (κ2) is 2.33. The minimum absolute atomic E-state index is 0.310. The van der Waals surface area contributed by atoms with Crippen molar-refractivity contribution in [3.8, 4) is 0 Å². The lowest BCUT2D eigenvalue weighted by atomic mass is 9.58. The van der Waals surface area contributed by atoms with Crippen LogP contribution in [-0.2, 0) is 0 Å². The highest BCUT2D eigenvalue weighted by Gasteiger charge is 2.64. The zero-order chi connectivity index (χ0) is 11.1. The Balaban J connectivity index is 1.84. The highest BCUT2D eigenvalue weighted by molar-refractivity contribution is 5.70. The largest absolute Gasteiger partial charge is 0.0578 e. The van der Waals surface area contributed by atoms with Gasteiger partial charge in [0.05, 0.1) is 0 Å². The molecule has 5 aliphatic rings.